The van der Waals surface area contributed by atoms with E-state index in [0.29, 0.717) is 48.3 Å². The van der Waals surface area contributed by atoms with Gasteiger partial charge in [0.1, 0.15) is 0 Å². The molecule has 1 aliphatic heterocycles. The highest BCUT2D eigenvalue weighted by Gasteiger charge is 2.16. The maximum Gasteiger partial charge on any atom is 0.255 e. The zero-order chi connectivity index (χ0) is 19.9. The number of benzene rings is 2. The number of anilines is 1. The van der Waals surface area contributed by atoms with Crippen molar-refractivity contribution < 1.29 is 14.3 Å². The highest BCUT2D eigenvalue weighted by molar-refractivity contribution is 7.99. The number of rotatable bonds is 6. The lowest BCUT2D eigenvalue weighted by molar-refractivity contribution is -0.132. The molecule has 28 heavy (non-hydrogen) atoms. The zero-order valence-electron chi connectivity index (χ0n) is 15.7. The Kier molecular flexibility index (Phi) is 7.36. The van der Waals surface area contributed by atoms with Gasteiger partial charge in [-0.15, -0.1) is 11.8 Å². The summed E-state index contributed by atoms with van der Waals surface area (Å²) in [4.78, 5) is 26.4. The molecule has 1 saturated heterocycles. The molecule has 0 aromatic heterocycles. The molecule has 148 valence electrons. The van der Waals surface area contributed by atoms with Crippen LogP contribution in [0.15, 0.2) is 42.5 Å². The Morgan fingerprint density at radius 3 is 2.54 bits per heavy atom. The number of halogens is 1. The maximum absolute atomic E-state index is 12.4. The van der Waals surface area contributed by atoms with E-state index in [1.807, 2.05) is 30.0 Å². The molecule has 0 radical (unpaired) electrons. The fourth-order valence-electron chi connectivity index (χ4n) is 2.84. The van der Waals surface area contributed by atoms with Crippen LogP contribution >= 0.6 is 23.4 Å². The topological polar surface area (TPSA) is 58.6 Å². The summed E-state index contributed by atoms with van der Waals surface area (Å²) in [5.41, 5.74) is 3.30. The molecule has 2 aromatic rings. The van der Waals surface area contributed by atoms with Gasteiger partial charge in [-0.05, 0) is 48.4 Å². The molecule has 2 aromatic carbocycles. The van der Waals surface area contributed by atoms with Crippen LogP contribution in [0.1, 0.15) is 21.5 Å². The van der Waals surface area contributed by atoms with Gasteiger partial charge < -0.3 is 15.0 Å². The Bertz CT molecular complexity index is 836. The fraction of sp³-hybridized carbons (Fsp3) is 0.333. The van der Waals surface area contributed by atoms with Gasteiger partial charge in [0.2, 0.25) is 5.91 Å². The van der Waals surface area contributed by atoms with Gasteiger partial charge in [0, 0.05) is 35.1 Å². The number of hydrogen-bond donors (Lipinski definition) is 1. The summed E-state index contributed by atoms with van der Waals surface area (Å²) in [7, 11) is 0. The Morgan fingerprint density at radius 2 is 1.86 bits per heavy atom. The number of nitrogens with one attached hydrogen (secondary N) is 1. The first-order chi connectivity index (χ1) is 13.5. The molecule has 2 amide bonds. The lowest BCUT2D eigenvalue weighted by Crippen LogP contribution is -2.41. The molecular formula is C21H23ClN2O3S. The third-order valence-electron chi connectivity index (χ3n) is 4.49. The van der Waals surface area contributed by atoms with Crippen LogP contribution in [0.4, 0.5) is 5.69 Å². The van der Waals surface area contributed by atoms with E-state index in [1.165, 1.54) is 0 Å². The summed E-state index contributed by atoms with van der Waals surface area (Å²) < 4.78 is 5.26. The summed E-state index contributed by atoms with van der Waals surface area (Å²) in [5.74, 6) is 1.18. The quantitative estimate of drug-likeness (QED) is 0.770. The minimum atomic E-state index is -0.163. The van der Waals surface area contributed by atoms with Crippen LogP contribution in [-0.2, 0) is 15.3 Å². The molecule has 0 aliphatic carbocycles. The average Bonchev–Trinajstić information content (AvgIpc) is 2.72. The van der Waals surface area contributed by atoms with Crippen molar-refractivity contribution in [2.24, 2.45) is 0 Å². The highest BCUT2D eigenvalue weighted by atomic mass is 35.5. The molecule has 0 bridgehead atoms. The minimum absolute atomic E-state index is 0.155. The lowest BCUT2D eigenvalue weighted by atomic mass is 10.1. The summed E-state index contributed by atoms with van der Waals surface area (Å²) in [6.07, 6.45) is 0. The fourth-order valence-corrected chi connectivity index (χ4v) is 3.84. The third kappa shape index (κ3) is 5.74. The molecule has 7 heteroatoms. The van der Waals surface area contributed by atoms with Crippen molar-refractivity contribution in [3.8, 4) is 0 Å². The number of amides is 2. The molecule has 0 spiro atoms. The van der Waals surface area contributed by atoms with Crippen molar-refractivity contribution in [2.45, 2.75) is 12.7 Å². The van der Waals surface area contributed by atoms with E-state index in [1.54, 1.807) is 36.0 Å². The predicted octanol–water partition coefficient (Wildman–Crippen LogP) is 3.99. The van der Waals surface area contributed by atoms with Crippen molar-refractivity contribution in [1.29, 1.82) is 0 Å². The van der Waals surface area contributed by atoms with Crippen molar-refractivity contribution in [1.82, 2.24) is 4.90 Å². The molecule has 0 saturated carbocycles. The Morgan fingerprint density at radius 1 is 1.14 bits per heavy atom. The second kappa shape index (κ2) is 9.96. The van der Waals surface area contributed by atoms with Gasteiger partial charge in [-0.3, -0.25) is 9.59 Å². The largest absolute Gasteiger partial charge is 0.378 e. The smallest absolute Gasteiger partial charge is 0.255 e. The van der Waals surface area contributed by atoms with E-state index in [4.69, 9.17) is 16.3 Å². The summed E-state index contributed by atoms with van der Waals surface area (Å²) in [6.45, 7) is 4.49. The first kappa shape index (κ1) is 20.7. The van der Waals surface area contributed by atoms with Crippen LogP contribution in [0.2, 0.25) is 5.02 Å². The lowest BCUT2D eigenvalue weighted by Gasteiger charge is -2.26. The molecular weight excluding hydrogens is 396 g/mol. The molecule has 3 rings (SSSR count). The van der Waals surface area contributed by atoms with E-state index >= 15 is 0 Å². The monoisotopic (exact) mass is 418 g/mol. The summed E-state index contributed by atoms with van der Waals surface area (Å²) in [6, 6.07) is 12.9. The van der Waals surface area contributed by atoms with Gasteiger partial charge in [0.15, 0.2) is 0 Å². The van der Waals surface area contributed by atoms with Crippen molar-refractivity contribution in [3.63, 3.8) is 0 Å². The van der Waals surface area contributed by atoms with Crippen LogP contribution in [0.3, 0.4) is 0 Å². The standard InChI is InChI=1S/C21H23ClN2O3S/c1-15-12-18(6-7-19(15)22)23-21(26)17-4-2-16(3-5-17)13-28-14-20(25)24-8-10-27-11-9-24/h2-7,12H,8-11,13-14H2,1H3,(H,23,26). The van der Waals surface area contributed by atoms with Gasteiger partial charge in [0.05, 0.1) is 19.0 Å². The Labute approximate surface area is 174 Å². The zero-order valence-corrected chi connectivity index (χ0v) is 17.3. The van der Waals surface area contributed by atoms with Crippen LogP contribution in [-0.4, -0.2) is 48.8 Å². The highest BCUT2D eigenvalue weighted by Crippen LogP contribution is 2.20. The van der Waals surface area contributed by atoms with Crippen LogP contribution in [0, 0.1) is 6.92 Å². The van der Waals surface area contributed by atoms with Gasteiger partial charge in [-0.1, -0.05) is 23.7 Å². The first-order valence-corrected chi connectivity index (χ1v) is 10.7. The van der Waals surface area contributed by atoms with Crippen LogP contribution in [0.25, 0.3) is 0 Å². The molecule has 1 aliphatic rings. The van der Waals surface area contributed by atoms with Crippen LogP contribution in [0.5, 0.6) is 0 Å². The number of nitrogens with zero attached hydrogens (tertiary/aromatic N) is 1. The van der Waals surface area contributed by atoms with E-state index < -0.39 is 0 Å². The van der Waals surface area contributed by atoms with Crippen molar-refractivity contribution in [2.75, 3.05) is 37.4 Å². The normalized spacial score (nSPS) is 14.0. The van der Waals surface area contributed by atoms with Crippen molar-refractivity contribution in [3.05, 3.63) is 64.2 Å². The molecule has 0 unspecified atom stereocenters. The van der Waals surface area contributed by atoms with Crippen LogP contribution < -0.4 is 5.32 Å². The molecule has 1 fully saturated rings. The average molecular weight is 419 g/mol. The SMILES string of the molecule is Cc1cc(NC(=O)c2ccc(CSCC(=O)N3CCOCC3)cc2)ccc1Cl. The van der Waals surface area contributed by atoms with Gasteiger partial charge in [0.25, 0.3) is 5.91 Å². The van der Waals surface area contributed by atoms with E-state index in [0.717, 1.165) is 16.9 Å². The number of carbonyl (C=O) groups excluding carboxylic acids is 2. The molecule has 1 N–H and O–H groups in total. The maximum atomic E-state index is 12.4. The van der Waals surface area contributed by atoms with E-state index in [2.05, 4.69) is 5.32 Å². The van der Waals surface area contributed by atoms with E-state index in [-0.39, 0.29) is 11.8 Å². The van der Waals surface area contributed by atoms with Gasteiger partial charge in [-0.25, -0.2) is 0 Å². The molecule has 1 heterocycles. The number of carbonyl (C=O) groups is 2. The first-order valence-electron chi connectivity index (χ1n) is 9.12. The second-order valence-corrected chi connectivity index (χ2v) is 7.99. The number of hydrogen-bond acceptors (Lipinski definition) is 4. The second-order valence-electron chi connectivity index (χ2n) is 6.60. The van der Waals surface area contributed by atoms with Crippen molar-refractivity contribution >= 4 is 40.9 Å². The van der Waals surface area contributed by atoms with Gasteiger partial charge in [-0.2, -0.15) is 0 Å². The minimum Gasteiger partial charge on any atom is -0.378 e. The number of aryl methyl sites for hydroxylation is 1. The molecule has 5 nitrogen and oxygen atoms in total. The number of ether oxygens (including phenoxy) is 1. The third-order valence-corrected chi connectivity index (χ3v) is 5.90. The number of thioether (sulfide) groups is 1. The number of morpholine rings is 1. The summed E-state index contributed by atoms with van der Waals surface area (Å²) in [5, 5.41) is 3.55. The Balaban J connectivity index is 1.48. The molecule has 0 atom stereocenters. The van der Waals surface area contributed by atoms with E-state index in [9.17, 15) is 9.59 Å². The summed E-state index contributed by atoms with van der Waals surface area (Å²) >= 11 is 7.60. The Hall–Kier alpha value is -2.02. The van der Waals surface area contributed by atoms with Gasteiger partial charge >= 0.3 is 0 Å². The predicted molar refractivity (Wildman–Crippen MR) is 114 cm³/mol.